The van der Waals surface area contributed by atoms with Crippen molar-refractivity contribution >= 4 is 5.91 Å². The lowest BCUT2D eigenvalue weighted by Crippen LogP contribution is -2.65. The fraction of sp³-hybridized carbons (Fsp3) is 0.759. The minimum absolute atomic E-state index is 0.241. The lowest BCUT2D eigenvalue weighted by atomic mass is 9.97. The second-order valence-corrected chi connectivity index (χ2v) is 28.5. The molecule has 2 aliphatic heterocycles. The van der Waals surface area contributed by atoms with Crippen LogP contribution in [0.2, 0.25) is 0 Å². The summed E-state index contributed by atoms with van der Waals surface area (Å²) in [5.74, 6) is -0.241. The predicted octanol–water partition coefficient (Wildman–Crippen LogP) is 19.2. The number of nitrogens with one attached hydrogen (secondary N) is 1. The van der Waals surface area contributed by atoms with Crippen LogP contribution in [0.4, 0.5) is 0 Å². The van der Waals surface area contributed by atoms with Crippen LogP contribution in [0.3, 0.4) is 0 Å². The molecule has 14 heteroatoms. The van der Waals surface area contributed by atoms with E-state index in [0.717, 1.165) is 103 Å². The molecule has 12 unspecified atom stereocenters. The Labute approximate surface area is 616 Å². The van der Waals surface area contributed by atoms with E-state index in [4.69, 9.17) is 18.9 Å². The fourth-order valence-electron chi connectivity index (χ4n) is 12.9. The molecule has 0 saturated carbocycles. The van der Waals surface area contributed by atoms with Crippen molar-refractivity contribution in [1.29, 1.82) is 0 Å². The van der Waals surface area contributed by atoms with Crippen LogP contribution in [0.5, 0.6) is 0 Å². The molecule has 9 N–H and O–H groups in total. The Morgan fingerprint density at radius 1 is 0.366 bits per heavy atom. The van der Waals surface area contributed by atoms with Gasteiger partial charge in [0, 0.05) is 6.42 Å². The number of rotatable bonds is 68. The zero-order valence-corrected chi connectivity index (χ0v) is 63.9. The zero-order valence-electron chi connectivity index (χ0n) is 63.9. The third kappa shape index (κ3) is 52.1. The highest BCUT2D eigenvalue weighted by Gasteiger charge is 2.51. The Morgan fingerprint density at radius 2 is 0.683 bits per heavy atom. The molecule has 0 radical (unpaired) electrons. The fourth-order valence-corrected chi connectivity index (χ4v) is 12.9. The second kappa shape index (κ2) is 69.4. The molecular formula is C87H151NO13. The molecule has 2 fully saturated rings. The molecule has 0 aromatic carbocycles. The van der Waals surface area contributed by atoms with E-state index in [1.165, 1.54) is 199 Å². The summed E-state index contributed by atoms with van der Waals surface area (Å²) in [7, 11) is 0. The van der Waals surface area contributed by atoms with E-state index in [0.29, 0.717) is 6.42 Å². The summed E-state index contributed by atoms with van der Waals surface area (Å²) in [5.41, 5.74) is 0. The third-order valence-corrected chi connectivity index (χ3v) is 19.4. The van der Waals surface area contributed by atoms with E-state index in [1.54, 1.807) is 6.08 Å². The van der Waals surface area contributed by atoms with Gasteiger partial charge in [0.2, 0.25) is 5.91 Å². The predicted molar refractivity (Wildman–Crippen MR) is 419 cm³/mol. The molecule has 0 spiro atoms. The first-order chi connectivity index (χ1) is 49.6. The summed E-state index contributed by atoms with van der Waals surface area (Å²) >= 11 is 0. The zero-order chi connectivity index (χ0) is 73.0. The Morgan fingerprint density at radius 3 is 1.05 bits per heavy atom. The number of amides is 1. The first-order valence-corrected chi connectivity index (χ1v) is 41.3. The molecular weight excluding hydrogens is 1270 g/mol. The van der Waals surface area contributed by atoms with E-state index < -0.39 is 86.8 Å². The van der Waals surface area contributed by atoms with Crippen LogP contribution in [0.1, 0.15) is 328 Å². The van der Waals surface area contributed by atoms with E-state index >= 15 is 0 Å². The quantitative estimate of drug-likeness (QED) is 0.0204. The molecule has 0 aromatic heterocycles. The topological polar surface area (TPSA) is 228 Å². The standard InChI is InChI=1S/C87H151NO13/c1-3-5-7-9-11-13-15-17-19-21-23-25-27-29-31-32-33-34-35-36-37-38-39-40-41-42-43-44-45-47-49-51-53-55-57-59-61-63-65-67-69-71-79(92)88-75(74-98-86-84(97)82(95)85(78(73-90)100-86)101-87-83(96)81(94)80(93)77(72-89)99-87)76(91)70-68-66-64-62-60-58-56-54-52-50-48-46-30-28-26-24-22-20-18-16-14-12-10-8-6-4-2/h5,7,11,13,17,19,23,25,29,31,33-34,36-37,39-40,42-43,68,70,75-78,80-87,89-91,93-97H,3-4,6,8-10,12,14-16,18,20-22,24,26-28,30,32,35,38,41,44-67,69,71-74H2,1-2H3,(H,88,92)/b7-5-,13-11-,19-17-,25-23-,31-29-,34-33-,37-36-,40-39-,43-42-,70-68+. The van der Waals surface area contributed by atoms with Crippen molar-refractivity contribution in [2.75, 3.05) is 19.8 Å². The normalized spacial score (nSPS) is 22.4. The molecule has 0 aliphatic carbocycles. The Balaban J connectivity index is 1.60. The van der Waals surface area contributed by atoms with Crippen molar-refractivity contribution in [1.82, 2.24) is 5.32 Å². The molecule has 1 amide bonds. The molecule has 0 bridgehead atoms. The maximum absolute atomic E-state index is 13.4. The average Bonchev–Trinajstić information content (AvgIpc) is 0.792. The molecule has 14 nitrogen and oxygen atoms in total. The number of unbranched alkanes of at least 4 members (excludes halogenated alkanes) is 37. The molecule has 2 saturated heterocycles. The van der Waals surface area contributed by atoms with Gasteiger partial charge in [-0.15, -0.1) is 0 Å². The second-order valence-electron chi connectivity index (χ2n) is 28.5. The molecule has 101 heavy (non-hydrogen) atoms. The first-order valence-electron chi connectivity index (χ1n) is 41.3. The van der Waals surface area contributed by atoms with E-state index in [1.807, 2.05) is 6.08 Å². The van der Waals surface area contributed by atoms with Gasteiger partial charge in [-0.05, 0) is 89.9 Å². The molecule has 582 valence electrons. The molecule has 2 aliphatic rings. The van der Waals surface area contributed by atoms with Gasteiger partial charge in [-0.3, -0.25) is 4.79 Å². The highest BCUT2D eigenvalue weighted by Crippen LogP contribution is 2.30. The smallest absolute Gasteiger partial charge is 0.220 e. The van der Waals surface area contributed by atoms with Gasteiger partial charge in [0.1, 0.15) is 48.8 Å². The van der Waals surface area contributed by atoms with Crippen LogP contribution in [0.25, 0.3) is 0 Å². The van der Waals surface area contributed by atoms with Gasteiger partial charge in [0.25, 0.3) is 0 Å². The monoisotopic (exact) mass is 1420 g/mol. The SMILES string of the molecule is CC/C=C\C/C=C\C/C=C\C/C=C\C/C=C\C/C=C\C/C=C\C/C=C\C/C=C\CCCCCCCCCCCCCCCC(=O)NC(COC1OC(CO)C(OC2OC(CO)C(O)C(O)C2O)C(O)C1O)C(O)/C=C/CCCCCCCCCCCCCCCCCCCCCCCCCC. The summed E-state index contributed by atoms with van der Waals surface area (Å²) in [6.45, 7) is 2.72. The highest BCUT2D eigenvalue weighted by molar-refractivity contribution is 5.76. The molecule has 2 heterocycles. The van der Waals surface area contributed by atoms with Gasteiger partial charge >= 0.3 is 0 Å². The van der Waals surface area contributed by atoms with Crippen molar-refractivity contribution in [2.24, 2.45) is 0 Å². The minimum atomic E-state index is -1.79. The Kier molecular flexibility index (Phi) is 64.3. The Hall–Kier alpha value is -3.61. The minimum Gasteiger partial charge on any atom is -0.394 e. The summed E-state index contributed by atoms with van der Waals surface area (Å²) in [4.78, 5) is 13.4. The molecule has 12 atom stereocenters. The lowest BCUT2D eigenvalue weighted by molar-refractivity contribution is -0.359. The van der Waals surface area contributed by atoms with E-state index in [-0.39, 0.29) is 18.9 Å². The first kappa shape index (κ1) is 93.5. The number of carbonyl (C=O) groups excluding carboxylic acids is 1. The number of aliphatic hydroxyl groups excluding tert-OH is 8. The van der Waals surface area contributed by atoms with Gasteiger partial charge in [-0.2, -0.15) is 0 Å². The van der Waals surface area contributed by atoms with Crippen molar-refractivity contribution in [2.45, 2.75) is 402 Å². The summed E-state index contributed by atoms with van der Waals surface area (Å²) in [6.07, 6.45) is 85.6. The Bertz CT molecular complexity index is 2170. The summed E-state index contributed by atoms with van der Waals surface area (Å²) in [5, 5.41) is 87.7. The van der Waals surface area contributed by atoms with Crippen LogP contribution >= 0.6 is 0 Å². The summed E-state index contributed by atoms with van der Waals surface area (Å²) in [6, 6.07) is -0.924. The number of aliphatic hydroxyl groups is 8. The molecule has 0 aromatic rings. The van der Waals surface area contributed by atoms with Gasteiger partial charge in [-0.1, -0.05) is 354 Å². The maximum atomic E-state index is 13.4. The number of ether oxygens (including phenoxy) is 4. The summed E-state index contributed by atoms with van der Waals surface area (Å²) < 4.78 is 22.9. The van der Waals surface area contributed by atoms with Crippen LogP contribution in [0, 0.1) is 0 Å². The largest absolute Gasteiger partial charge is 0.394 e. The van der Waals surface area contributed by atoms with Crippen molar-refractivity contribution in [3.63, 3.8) is 0 Å². The lowest BCUT2D eigenvalue weighted by Gasteiger charge is -2.46. The van der Waals surface area contributed by atoms with Crippen LogP contribution in [-0.2, 0) is 23.7 Å². The van der Waals surface area contributed by atoms with E-state index in [2.05, 4.69) is 129 Å². The third-order valence-electron chi connectivity index (χ3n) is 19.4. The van der Waals surface area contributed by atoms with Gasteiger partial charge in [0.05, 0.1) is 32.0 Å². The number of allylic oxidation sites excluding steroid dienone is 19. The van der Waals surface area contributed by atoms with Crippen molar-refractivity contribution in [3.8, 4) is 0 Å². The number of hydrogen-bond donors (Lipinski definition) is 9. The van der Waals surface area contributed by atoms with Crippen molar-refractivity contribution in [3.05, 3.63) is 122 Å². The van der Waals surface area contributed by atoms with Gasteiger partial charge < -0.3 is 65.1 Å². The van der Waals surface area contributed by atoms with Crippen LogP contribution in [0.15, 0.2) is 122 Å². The number of carbonyl (C=O) groups is 1. The van der Waals surface area contributed by atoms with Gasteiger partial charge in [-0.25, -0.2) is 0 Å². The van der Waals surface area contributed by atoms with Crippen molar-refractivity contribution < 1.29 is 64.6 Å². The van der Waals surface area contributed by atoms with E-state index in [9.17, 15) is 45.6 Å². The number of hydrogen-bond acceptors (Lipinski definition) is 13. The average molecular weight is 1420 g/mol. The van der Waals surface area contributed by atoms with Crippen LogP contribution < -0.4 is 5.32 Å². The van der Waals surface area contributed by atoms with Gasteiger partial charge in [0.15, 0.2) is 12.6 Å². The molecule has 2 rings (SSSR count). The maximum Gasteiger partial charge on any atom is 0.220 e. The van der Waals surface area contributed by atoms with Crippen LogP contribution in [-0.4, -0.2) is 140 Å². The highest BCUT2D eigenvalue weighted by atomic mass is 16.7.